The van der Waals surface area contributed by atoms with Crippen molar-refractivity contribution >= 4 is 0 Å². The molecule has 0 amide bonds. The van der Waals surface area contributed by atoms with Gasteiger partial charge in [0.2, 0.25) is 6.29 Å². The smallest absolute Gasteiger partial charge is 0.222 e. The van der Waals surface area contributed by atoms with Crippen LogP contribution in [0.2, 0.25) is 0 Å². The normalized spacial score (nSPS) is 17.2. The molecule has 0 aliphatic carbocycles. The quantitative estimate of drug-likeness (QED) is 0.407. The topological polar surface area (TPSA) is 69.9 Å². The number of rotatable bonds is 5. The van der Waals surface area contributed by atoms with Crippen LogP contribution in [0.4, 0.5) is 0 Å². The zero-order valence-electron chi connectivity index (χ0n) is 7.40. The highest BCUT2D eigenvalue weighted by atomic mass is 16.6. The first-order chi connectivity index (χ1) is 5.61. The van der Waals surface area contributed by atoms with Crippen molar-refractivity contribution in [3.8, 4) is 0 Å². The van der Waals surface area contributed by atoms with E-state index in [1.165, 1.54) is 13.0 Å². The van der Waals surface area contributed by atoms with Gasteiger partial charge in [0.15, 0.2) is 0 Å². The zero-order chi connectivity index (χ0) is 9.56. The number of allylic oxidation sites excluding steroid dienone is 1. The second kappa shape index (κ2) is 5.99. The molecule has 0 spiro atoms. The third-order valence-electron chi connectivity index (χ3n) is 1.35. The lowest BCUT2D eigenvalue weighted by molar-refractivity contribution is -0.132. The average Bonchev–Trinajstić information content (AvgIpc) is 2.03. The highest BCUT2D eigenvalue weighted by Crippen LogP contribution is 2.07. The number of hydrogen-bond donors (Lipinski definition) is 3. The van der Waals surface area contributed by atoms with Gasteiger partial charge in [0, 0.05) is 6.42 Å². The monoisotopic (exact) mass is 176 g/mol. The van der Waals surface area contributed by atoms with E-state index in [-0.39, 0.29) is 6.61 Å². The van der Waals surface area contributed by atoms with E-state index in [0.717, 1.165) is 0 Å². The van der Waals surface area contributed by atoms with Gasteiger partial charge < -0.3 is 20.1 Å². The van der Waals surface area contributed by atoms with E-state index in [9.17, 15) is 0 Å². The maximum Gasteiger partial charge on any atom is 0.222 e. The molecule has 0 aromatic heterocycles. The summed E-state index contributed by atoms with van der Waals surface area (Å²) in [4.78, 5) is 0. The molecule has 0 fully saturated rings. The summed E-state index contributed by atoms with van der Waals surface area (Å²) in [6, 6.07) is 0. The lowest BCUT2D eigenvalue weighted by Crippen LogP contribution is -2.25. The van der Waals surface area contributed by atoms with Crippen LogP contribution in [0.5, 0.6) is 0 Å². The summed E-state index contributed by atoms with van der Waals surface area (Å²) in [7, 11) is 0. The maximum atomic E-state index is 9.06. The Morgan fingerprint density at radius 1 is 1.50 bits per heavy atom. The van der Waals surface area contributed by atoms with E-state index >= 15 is 0 Å². The Morgan fingerprint density at radius 3 is 2.42 bits per heavy atom. The molecule has 4 heteroatoms. The van der Waals surface area contributed by atoms with Crippen LogP contribution < -0.4 is 0 Å². The van der Waals surface area contributed by atoms with Crippen LogP contribution in [0.3, 0.4) is 0 Å². The first-order valence-electron chi connectivity index (χ1n) is 3.94. The highest BCUT2D eigenvalue weighted by molar-refractivity contribution is 4.92. The van der Waals surface area contributed by atoms with Gasteiger partial charge in [0.25, 0.3) is 0 Å². The van der Waals surface area contributed by atoms with Gasteiger partial charge in [-0.25, -0.2) is 0 Å². The second-order valence-corrected chi connectivity index (χ2v) is 2.46. The third kappa shape index (κ3) is 4.33. The Bertz CT molecular complexity index is 142. The van der Waals surface area contributed by atoms with E-state index < -0.39 is 12.4 Å². The fourth-order valence-corrected chi connectivity index (χ4v) is 0.631. The molecule has 0 bridgehead atoms. The van der Waals surface area contributed by atoms with Gasteiger partial charge in [0.05, 0.1) is 12.4 Å². The summed E-state index contributed by atoms with van der Waals surface area (Å²) >= 11 is 0. The molecule has 0 saturated heterocycles. The van der Waals surface area contributed by atoms with Crippen LogP contribution in [0.15, 0.2) is 11.8 Å². The van der Waals surface area contributed by atoms with Gasteiger partial charge in [-0.15, -0.1) is 0 Å². The van der Waals surface area contributed by atoms with Gasteiger partial charge in [0.1, 0.15) is 6.10 Å². The molecule has 0 radical (unpaired) electrons. The van der Waals surface area contributed by atoms with Gasteiger partial charge in [-0.2, -0.15) is 0 Å². The molecule has 3 N–H and O–H groups in total. The van der Waals surface area contributed by atoms with E-state index in [4.69, 9.17) is 20.1 Å². The lowest BCUT2D eigenvalue weighted by atomic mass is 10.3. The fourth-order valence-electron chi connectivity index (χ4n) is 0.631. The molecule has 0 aromatic carbocycles. The molecule has 72 valence electrons. The van der Waals surface area contributed by atoms with Crippen LogP contribution >= 0.6 is 0 Å². The van der Waals surface area contributed by atoms with Crippen LogP contribution in [0.1, 0.15) is 20.3 Å². The largest absolute Gasteiger partial charge is 0.467 e. The minimum Gasteiger partial charge on any atom is -0.467 e. The minimum atomic E-state index is -1.22. The number of aliphatic hydroxyl groups is 3. The Kier molecular flexibility index (Phi) is 5.70. The molecule has 0 saturated carbocycles. The summed E-state index contributed by atoms with van der Waals surface area (Å²) in [6.07, 6.45) is -0.128. The predicted octanol–water partition coefficient (Wildman–Crippen LogP) is -0.0116. The SMILES string of the molecule is CC/C(=C\CO)OC(O)[C@@H](C)O. The Labute approximate surface area is 72.1 Å². The van der Waals surface area contributed by atoms with Crippen LogP contribution in [0, 0.1) is 0 Å². The van der Waals surface area contributed by atoms with Crippen molar-refractivity contribution < 1.29 is 20.1 Å². The number of aliphatic hydroxyl groups excluding tert-OH is 3. The molecule has 0 aliphatic heterocycles. The van der Waals surface area contributed by atoms with E-state index in [1.54, 1.807) is 0 Å². The van der Waals surface area contributed by atoms with Gasteiger partial charge >= 0.3 is 0 Å². The average molecular weight is 176 g/mol. The second-order valence-electron chi connectivity index (χ2n) is 2.46. The van der Waals surface area contributed by atoms with Crippen molar-refractivity contribution in [2.75, 3.05) is 6.61 Å². The molecule has 2 atom stereocenters. The van der Waals surface area contributed by atoms with Crippen molar-refractivity contribution in [2.45, 2.75) is 32.7 Å². The summed E-state index contributed by atoms with van der Waals surface area (Å²) in [5.41, 5.74) is 0. The van der Waals surface area contributed by atoms with Crippen molar-refractivity contribution in [2.24, 2.45) is 0 Å². The molecule has 4 nitrogen and oxygen atoms in total. The standard InChI is InChI=1S/C8H16O4/c1-3-7(4-5-9)12-8(11)6(2)10/h4,6,8-11H,3,5H2,1-2H3/b7-4+/t6-,8?/m1/s1. The molecular weight excluding hydrogens is 160 g/mol. The number of ether oxygens (including phenoxy) is 1. The van der Waals surface area contributed by atoms with Gasteiger partial charge in [-0.3, -0.25) is 0 Å². The van der Waals surface area contributed by atoms with Crippen molar-refractivity contribution in [3.63, 3.8) is 0 Å². The third-order valence-corrected chi connectivity index (χ3v) is 1.35. The Balaban J connectivity index is 3.94. The van der Waals surface area contributed by atoms with Crippen LogP contribution in [-0.2, 0) is 4.74 Å². The summed E-state index contributed by atoms with van der Waals surface area (Å²) in [6.45, 7) is 3.13. The van der Waals surface area contributed by atoms with E-state index in [2.05, 4.69) is 0 Å². The summed E-state index contributed by atoms with van der Waals surface area (Å²) in [5.74, 6) is 0.478. The number of hydrogen-bond acceptors (Lipinski definition) is 4. The molecule has 0 rings (SSSR count). The summed E-state index contributed by atoms with van der Waals surface area (Å²) < 4.78 is 4.91. The lowest BCUT2D eigenvalue weighted by Gasteiger charge is -2.17. The first kappa shape index (κ1) is 11.4. The molecule has 0 aromatic rings. The Hall–Kier alpha value is -0.580. The van der Waals surface area contributed by atoms with Crippen LogP contribution in [0.25, 0.3) is 0 Å². The Morgan fingerprint density at radius 2 is 2.08 bits per heavy atom. The van der Waals surface area contributed by atoms with Crippen molar-refractivity contribution in [3.05, 3.63) is 11.8 Å². The van der Waals surface area contributed by atoms with Crippen molar-refractivity contribution in [1.82, 2.24) is 0 Å². The van der Waals surface area contributed by atoms with Gasteiger partial charge in [-0.05, 0) is 13.0 Å². The molecule has 1 unspecified atom stereocenters. The minimum absolute atomic E-state index is 0.129. The van der Waals surface area contributed by atoms with Crippen molar-refractivity contribution in [1.29, 1.82) is 0 Å². The highest BCUT2D eigenvalue weighted by Gasteiger charge is 2.12. The van der Waals surface area contributed by atoms with E-state index in [0.29, 0.717) is 12.2 Å². The maximum absolute atomic E-state index is 9.06. The zero-order valence-corrected chi connectivity index (χ0v) is 7.40. The van der Waals surface area contributed by atoms with Gasteiger partial charge in [-0.1, -0.05) is 6.92 Å². The first-order valence-corrected chi connectivity index (χ1v) is 3.94. The summed E-state index contributed by atoms with van der Waals surface area (Å²) in [5, 5.41) is 26.4. The molecular formula is C8H16O4. The van der Waals surface area contributed by atoms with Crippen LogP contribution in [-0.4, -0.2) is 34.3 Å². The predicted molar refractivity (Wildman–Crippen MR) is 44.2 cm³/mol. The molecule has 0 heterocycles. The molecule has 0 aliphatic rings. The van der Waals surface area contributed by atoms with E-state index in [1.807, 2.05) is 6.92 Å². The molecule has 12 heavy (non-hydrogen) atoms. The fraction of sp³-hybridized carbons (Fsp3) is 0.750.